The Bertz CT molecular complexity index is 650. The molecule has 130 valence electrons. The molecule has 1 N–H and O–H groups in total. The number of hydrogen-bond acceptors (Lipinski definition) is 5. The van der Waals surface area contributed by atoms with Crippen LogP contribution in [0, 0.1) is 5.41 Å². The summed E-state index contributed by atoms with van der Waals surface area (Å²) in [6.45, 7) is 1.53. The van der Waals surface area contributed by atoms with Crippen LogP contribution in [0.2, 0.25) is 0 Å². The van der Waals surface area contributed by atoms with E-state index in [0.717, 1.165) is 5.56 Å². The van der Waals surface area contributed by atoms with Crippen molar-refractivity contribution in [2.24, 2.45) is 5.41 Å². The minimum atomic E-state index is -0.519. The summed E-state index contributed by atoms with van der Waals surface area (Å²) in [4.78, 5) is 26.0. The van der Waals surface area contributed by atoms with Gasteiger partial charge in [-0.05, 0) is 6.42 Å². The number of hydrogen-bond donors (Lipinski definition) is 1. The number of carbonyl (C=O) groups is 2. The molecule has 1 aromatic rings. The minimum Gasteiger partial charge on any atom is -0.496 e. The van der Waals surface area contributed by atoms with Gasteiger partial charge in [0.2, 0.25) is 11.8 Å². The summed E-state index contributed by atoms with van der Waals surface area (Å²) in [5, 5.41) is 2.78. The number of carbonyl (C=O) groups excluding carboxylic acids is 2. The van der Waals surface area contributed by atoms with Crippen LogP contribution in [0.4, 0.5) is 0 Å². The Morgan fingerprint density at radius 1 is 1.12 bits per heavy atom. The molecule has 2 amide bonds. The maximum Gasteiger partial charge on any atom is 0.231 e. The smallest absolute Gasteiger partial charge is 0.231 e. The van der Waals surface area contributed by atoms with E-state index in [1.165, 1.54) is 0 Å². The van der Waals surface area contributed by atoms with E-state index in [-0.39, 0.29) is 18.2 Å². The number of nitrogens with zero attached hydrogens (tertiary/aromatic N) is 1. The van der Waals surface area contributed by atoms with Gasteiger partial charge in [0.1, 0.15) is 17.2 Å². The van der Waals surface area contributed by atoms with Crippen molar-refractivity contribution < 1.29 is 23.8 Å². The van der Waals surface area contributed by atoms with Crippen LogP contribution in [-0.4, -0.2) is 51.1 Å². The van der Waals surface area contributed by atoms with E-state index in [2.05, 4.69) is 5.32 Å². The molecule has 3 rings (SSSR count). The number of amides is 2. The van der Waals surface area contributed by atoms with E-state index in [1.807, 2.05) is 0 Å². The van der Waals surface area contributed by atoms with Gasteiger partial charge in [-0.15, -0.1) is 0 Å². The Morgan fingerprint density at radius 2 is 1.79 bits per heavy atom. The van der Waals surface area contributed by atoms with Gasteiger partial charge < -0.3 is 24.4 Å². The Labute approximate surface area is 140 Å². The van der Waals surface area contributed by atoms with E-state index in [0.29, 0.717) is 43.3 Å². The molecule has 1 spiro atoms. The number of nitrogens with one attached hydrogen (secondary N) is 1. The zero-order chi connectivity index (χ0) is 17.3. The molecular weight excluding hydrogens is 312 g/mol. The van der Waals surface area contributed by atoms with Crippen LogP contribution in [-0.2, 0) is 16.1 Å². The van der Waals surface area contributed by atoms with Crippen molar-refractivity contribution >= 4 is 11.8 Å². The summed E-state index contributed by atoms with van der Waals surface area (Å²) in [5.41, 5.74) is 0.277. The van der Waals surface area contributed by atoms with Crippen molar-refractivity contribution in [2.75, 3.05) is 34.4 Å². The van der Waals surface area contributed by atoms with Gasteiger partial charge in [0.05, 0.1) is 38.9 Å². The fraction of sp³-hybridized carbons (Fsp3) is 0.529. The third-order valence-electron chi connectivity index (χ3n) is 4.83. The van der Waals surface area contributed by atoms with Crippen molar-refractivity contribution in [1.29, 1.82) is 0 Å². The van der Waals surface area contributed by atoms with E-state index < -0.39 is 5.41 Å². The first kappa shape index (κ1) is 16.4. The second-order valence-electron chi connectivity index (χ2n) is 6.23. The number of likely N-dealkylation sites (tertiary alicyclic amines) is 1. The lowest BCUT2D eigenvalue weighted by molar-refractivity contribution is -0.167. The van der Waals surface area contributed by atoms with Gasteiger partial charge in [-0.2, -0.15) is 0 Å². The first-order valence-corrected chi connectivity index (χ1v) is 7.88. The summed E-state index contributed by atoms with van der Waals surface area (Å²) < 4.78 is 16.1. The molecule has 1 unspecified atom stereocenters. The highest BCUT2D eigenvalue weighted by molar-refractivity contribution is 5.94. The number of methoxy groups -OCH3 is 3. The molecule has 0 aliphatic carbocycles. The lowest BCUT2D eigenvalue weighted by Crippen LogP contribution is -2.64. The molecule has 2 aliphatic rings. The molecule has 7 nitrogen and oxygen atoms in total. The van der Waals surface area contributed by atoms with Crippen LogP contribution < -0.4 is 19.5 Å². The van der Waals surface area contributed by atoms with Gasteiger partial charge in [-0.1, -0.05) is 0 Å². The van der Waals surface area contributed by atoms with Crippen molar-refractivity contribution in [3.8, 4) is 17.2 Å². The monoisotopic (exact) mass is 334 g/mol. The number of β-lactam (4-membered cyclic amide) rings is 1. The number of benzene rings is 1. The molecule has 2 saturated heterocycles. The predicted molar refractivity (Wildman–Crippen MR) is 86.2 cm³/mol. The maximum atomic E-state index is 12.7. The third kappa shape index (κ3) is 2.64. The molecule has 7 heteroatoms. The largest absolute Gasteiger partial charge is 0.496 e. The average molecular weight is 334 g/mol. The van der Waals surface area contributed by atoms with Gasteiger partial charge in [0.25, 0.3) is 0 Å². The van der Waals surface area contributed by atoms with Gasteiger partial charge in [0.15, 0.2) is 0 Å². The van der Waals surface area contributed by atoms with Crippen LogP contribution in [0.15, 0.2) is 12.1 Å². The second kappa shape index (κ2) is 6.22. The molecule has 0 radical (unpaired) electrons. The zero-order valence-electron chi connectivity index (χ0n) is 14.2. The SMILES string of the molecule is COc1cc(OC)c(CN2CC3(CCNC(=O)C3)C2=O)c(OC)c1. The summed E-state index contributed by atoms with van der Waals surface area (Å²) in [6, 6.07) is 3.54. The summed E-state index contributed by atoms with van der Waals surface area (Å²) in [6.07, 6.45) is 0.976. The third-order valence-corrected chi connectivity index (χ3v) is 4.83. The first-order valence-electron chi connectivity index (χ1n) is 7.88. The highest BCUT2D eigenvalue weighted by atomic mass is 16.5. The second-order valence-corrected chi connectivity index (χ2v) is 6.23. The fourth-order valence-corrected chi connectivity index (χ4v) is 3.52. The van der Waals surface area contributed by atoms with Crippen molar-refractivity contribution in [1.82, 2.24) is 10.2 Å². The lowest BCUT2D eigenvalue weighted by atomic mass is 9.71. The number of rotatable bonds is 5. The first-order chi connectivity index (χ1) is 11.5. The molecule has 1 aromatic carbocycles. The van der Waals surface area contributed by atoms with Gasteiger partial charge >= 0.3 is 0 Å². The van der Waals surface area contributed by atoms with Crippen molar-refractivity contribution in [3.05, 3.63) is 17.7 Å². The minimum absolute atomic E-state index is 0.0253. The van der Waals surface area contributed by atoms with Gasteiger partial charge in [-0.25, -0.2) is 0 Å². The molecule has 24 heavy (non-hydrogen) atoms. The predicted octanol–water partition coefficient (Wildman–Crippen LogP) is 0.951. The Morgan fingerprint density at radius 3 is 2.29 bits per heavy atom. The standard InChI is InChI=1S/C17H22N2O5/c1-22-11-6-13(23-2)12(14(7-11)24-3)9-19-10-17(16(19)21)4-5-18-15(20)8-17/h6-7H,4-5,8-10H2,1-3H3,(H,18,20). The van der Waals surface area contributed by atoms with E-state index in [9.17, 15) is 9.59 Å². The Hall–Kier alpha value is -2.44. The van der Waals surface area contributed by atoms with E-state index in [1.54, 1.807) is 38.4 Å². The molecular formula is C17H22N2O5. The molecule has 0 saturated carbocycles. The summed E-state index contributed by atoms with van der Waals surface area (Å²) >= 11 is 0. The summed E-state index contributed by atoms with van der Waals surface area (Å²) in [7, 11) is 4.72. The zero-order valence-corrected chi connectivity index (χ0v) is 14.2. The molecule has 2 aliphatic heterocycles. The van der Waals surface area contributed by atoms with Crippen molar-refractivity contribution in [3.63, 3.8) is 0 Å². The Balaban J connectivity index is 1.80. The number of ether oxygens (including phenoxy) is 3. The van der Waals surface area contributed by atoms with Crippen LogP contribution in [0.3, 0.4) is 0 Å². The van der Waals surface area contributed by atoms with Gasteiger partial charge in [0, 0.05) is 31.6 Å². The summed E-state index contributed by atoms with van der Waals surface area (Å²) in [5.74, 6) is 1.83. The van der Waals surface area contributed by atoms with Crippen LogP contribution in [0.5, 0.6) is 17.2 Å². The molecule has 1 atom stereocenters. The van der Waals surface area contributed by atoms with Crippen LogP contribution in [0.25, 0.3) is 0 Å². The van der Waals surface area contributed by atoms with E-state index in [4.69, 9.17) is 14.2 Å². The van der Waals surface area contributed by atoms with Crippen LogP contribution >= 0.6 is 0 Å². The fourth-order valence-electron chi connectivity index (χ4n) is 3.52. The van der Waals surface area contributed by atoms with Crippen molar-refractivity contribution in [2.45, 2.75) is 19.4 Å². The quantitative estimate of drug-likeness (QED) is 0.812. The lowest BCUT2D eigenvalue weighted by Gasteiger charge is -2.50. The highest BCUT2D eigenvalue weighted by Gasteiger charge is 2.54. The highest BCUT2D eigenvalue weighted by Crippen LogP contribution is 2.43. The normalized spacial score (nSPS) is 22.9. The van der Waals surface area contributed by atoms with Crippen LogP contribution in [0.1, 0.15) is 18.4 Å². The molecule has 2 heterocycles. The molecule has 2 fully saturated rings. The Kier molecular flexibility index (Phi) is 4.26. The average Bonchev–Trinajstić information content (AvgIpc) is 2.60. The maximum absolute atomic E-state index is 12.7. The molecule has 0 bridgehead atoms. The topological polar surface area (TPSA) is 77.1 Å². The molecule has 0 aromatic heterocycles. The van der Waals surface area contributed by atoms with Gasteiger partial charge in [-0.3, -0.25) is 9.59 Å². The number of piperidine rings is 1. The van der Waals surface area contributed by atoms with E-state index >= 15 is 0 Å².